The summed E-state index contributed by atoms with van der Waals surface area (Å²) in [5.74, 6) is 1.32. The number of hydrogen-bond acceptors (Lipinski definition) is 2. The smallest absolute Gasteiger partial charge is 0.225 e. The SMILES string of the molecule is CNC1CCCN(C(=O)C2CCC(c3ccccc3)CC2)C1. The quantitative estimate of drug-likeness (QED) is 0.930. The summed E-state index contributed by atoms with van der Waals surface area (Å²) in [6, 6.07) is 11.3. The van der Waals surface area contributed by atoms with Crippen LogP contribution in [0.15, 0.2) is 30.3 Å². The van der Waals surface area contributed by atoms with E-state index in [4.69, 9.17) is 0 Å². The molecular formula is C19H28N2O. The third kappa shape index (κ3) is 3.52. The molecule has 120 valence electrons. The standard InChI is InChI=1S/C19H28N2O/c1-20-18-8-5-13-21(14-18)19(22)17-11-9-16(10-12-17)15-6-3-2-4-7-15/h2-4,6-7,16-18,20H,5,8-14H2,1H3. The number of amides is 1. The first-order valence-electron chi connectivity index (χ1n) is 8.79. The van der Waals surface area contributed by atoms with Gasteiger partial charge in [0, 0.05) is 25.0 Å². The first-order chi connectivity index (χ1) is 10.8. The van der Waals surface area contributed by atoms with Gasteiger partial charge in [0.25, 0.3) is 0 Å². The van der Waals surface area contributed by atoms with Crippen LogP contribution in [0.2, 0.25) is 0 Å². The molecule has 1 aliphatic carbocycles. The second-order valence-electron chi connectivity index (χ2n) is 6.87. The predicted molar refractivity (Wildman–Crippen MR) is 89.8 cm³/mol. The van der Waals surface area contributed by atoms with Gasteiger partial charge < -0.3 is 10.2 Å². The van der Waals surface area contributed by atoms with Crippen molar-refractivity contribution in [2.24, 2.45) is 5.92 Å². The van der Waals surface area contributed by atoms with Crippen molar-refractivity contribution in [1.82, 2.24) is 10.2 Å². The zero-order chi connectivity index (χ0) is 15.4. The molecule has 1 saturated heterocycles. The molecule has 0 bridgehead atoms. The summed E-state index contributed by atoms with van der Waals surface area (Å²) < 4.78 is 0. The highest BCUT2D eigenvalue weighted by molar-refractivity contribution is 5.79. The van der Waals surface area contributed by atoms with E-state index < -0.39 is 0 Å². The van der Waals surface area contributed by atoms with Gasteiger partial charge in [0.2, 0.25) is 5.91 Å². The maximum Gasteiger partial charge on any atom is 0.225 e. The zero-order valence-electron chi connectivity index (χ0n) is 13.6. The number of rotatable bonds is 3. The van der Waals surface area contributed by atoms with Gasteiger partial charge in [-0.2, -0.15) is 0 Å². The fourth-order valence-corrected chi connectivity index (χ4v) is 4.07. The predicted octanol–water partition coefficient (Wildman–Crippen LogP) is 3.17. The molecule has 3 rings (SSSR count). The van der Waals surface area contributed by atoms with Crippen molar-refractivity contribution in [3.8, 4) is 0 Å². The molecule has 0 radical (unpaired) electrons. The second-order valence-corrected chi connectivity index (χ2v) is 6.87. The lowest BCUT2D eigenvalue weighted by molar-refractivity contribution is -0.138. The highest BCUT2D eigenvalue weighted by Gasteiger charge is 2.31. The van der Waals surface area contributed by atoms with Crippen LogP contribution in [0.1, 0.15) is 50.0 Å². The Morgan fingerprint density at radius 3 is 2.50 bits per heavy atom. The Labute approximate surface area is 134 Å². The highest BCUT2D eigenvalue weighted by Crippen LogP contribution is 2.36. The van der Waals surface area contributed by atoms with Crippen LogP contribution in [0.25, 0.3) is 0 Å². The number of benzene rings is 1. The number of hydrogen-bond donors (Lipinski definition) is 1. The summed E-state index contributed by atoms with van der Waals surface area (Å²) in [7, 11) is 2.00. The molecule has 1 aromatic carbocycles. The summed E-state index contributed by atoms with van der Waals surface area (Å²) in [4.78, 5) is 14.9. The molecule has 3 heteroatoms. The maximum absolute atomic E-state index is 12.8. The van der Waals surface area contributed by atoms with Crippen molar-refractivity contribution in [1.29, 1.82) is 0 Å². The third-order valence-electron chi connectivity index (χ3n) is 5.49. The van der Waals surface area contributed by atoms with E-state index >= 15 is 0 Å². The van der Waals surface area contributed by atoms with Gasteiger partial charge in [-0.25, -0.2) is 0 Å². The molecule has 0 aromatic heterocycles. The first-order valence-corrected chi connectivity index (χ1v) is 8.79. The van der Waals surface area contributed by atoms with Crippen LogP contribution in [-0.4, -0.2) is 37.0 Å². The Balaban J connectivity index is 1.53. The van der Waals surface area contributed by atoms with E-state index in [2.05, 4.69) is 40.5 Å². The van der Waals surface area contributed by atoms with Crippen molar-refractivity contribution < 1.29 is 4.79 Å². The monoisotopic (exact) mass is 300 g/mol. The molecule has 1 unspecified atom stereocenters. The lowest BCUT2D eigenvalue weighted by Crippen LogP contribution is -2.49. The van der Waals surface area contributed by atoms with Gasteiger partial charge in [0.15, 0.2) is 0 Å². The number of likely N-dealkylation sites (tertiary alicyclic amines) is 1. The van der Waals surface area contributed by atoms with Crippen molar-refractivity contribution in [2.75, 3.05) is 20.1 Å². The van der Waals surface area contributed by atoms with Crippen LogP contribution >= 0.6 is 0 Å². The summed E-state index contributed by atoms with van der Waals surface area (Å²) in [5, 5.41) is 3.33. The van der Waals surface area contributed by atoms with Crippen LogP contribution in [-0.2, 0) is 4.79 Å². The van der Waals surface area contributed by atoms with Crippen LogP contribution in [0, 0.1) is 5.92 Å². The van der Waals surface area contributed by atoms with E-state index in [1.807, 2.05) is 7.05 Å². The fraction of sp³-hybridized carbons (Fsp3) is 0.632. The minimum atomic E-state index is 0.260. The number of nitrogens with zero attached hydrogens (tertiary/aromatic N) is 1. The number of carbonyl (C=O) groups is 1. The topological polar surface area (TPSA) is 32.3 Å². The van der Waals surface area contributed by atoms with E-state index in [1.165, 1.54) is 12.0 Å². The van der Waals surface area contributed by atoms with E-state index in [0.717, 1.165) is 45.2 Å². The highest BCUT2D eigenvalue weighted by atomic mass is 16.2. The fourth-order valence-electron chi connectivity index (χ4n) is 4.07. The third-order valence-corrected chi connectivity index (χ3v) is 5.49. The number of likely N-dealkylation sites (N-methyl/N-ethyl adjacent to an activating group) is 1. The molecule has 3 nitrogen and oxygen atoms in total. The molecule has 1 saturated carbocycles. The van der Waals surface area contributed by atoms with Crippen LogP contribution in [0.5, 0.6) is 0 Å². The molecule has 2 fully saturated rings. The van der Waals surface area contributed by atoms with E-state index in [-0.39, 0.29) is 5.92 Å². The normalized spacial score (nSPS) is 29.3. The summed E-state index contributed by atoms with van der Waals surface area (Å²) in [6.45, 7) is 1.85. The molecule has 22 heavy (non-hydrogen) atoms. The molecule has 0 spiro atoms. The van der Waals surface area contributed by atoms with Crippen molar-refractivity contribution >= 4 is 5.91 Å². The average Bonchev–Trinajstić information content (AvgIpc) is 2.62. The second kappa shape index (κ2) is 7.28. The number of piperidine rings is 1. The summed E-state index contributed by atoms with van der Waals surface area (Å²) in [5.41, 5.74) is 1.45. The van der Waals surface area contributed by atoms with Crippen molar-refractivity contribution in [3.63, 3.8) is 0 Å². The molecular weight excluding hydrogens is 272 g/mol. The Hall–Kier alpha value is -1.35. The van der Waals surface area contributed by atoms with Crippen LogP contribution in [0.3, 0.4) is 0 Å². The first kappa shape index (κ1) is 15.5. The maximum atomic E-state index is 12.8. The largest absolute Gasteiger partial charge is 0.341 e. The van der Waals surface area contributed by atoms with Gasteiger partial charge in [-0.15, -0.1) is 0 Å². The van der Waals surface area contributed by atoms with Gasteiger partial charge in [-0.1, -0.05) is 30.3 Å². The van der Waals surface area contributed by atoms with Gasteiger partial charge in [0.05, 0.1) is 0 Å². The molecule has 1 aliphatic heterocycles. The average molecular weight is 300 g/mol. The molecule has 1 N–H and O–H groups in total. The van der Waals surface area contributed by atoms with Crippen molar-refractivity contribution in [3.05, 3.63) is 35.9 Å². The molecule has 1 aromatic rings. The van der Waals surface area contributed by atoms with Crippen LogP contribution in [0.4, 0.5) is 0 Å². The Morgan fingerprint density at radius 1 is 1.09 bits per heavy atom. The Bertz CT molecular complexity index is 479. The van der Waals surface area contributed by atoms with Gasteiger partial charge in [-0.3, -0.25) is 4.79 Å². The van der Waals surface area contributed by atoms with Gasteiger partial charge in [0.1, 0.15) is 0 Å². The van der Waals surface area contributed by atoms with Gasteiger partial charge in [-0.05, 0) is 57.1 Å². The van der Waals surface area contributed by atoms with Gasteiger partial charge >= 0.3 is 0 Å². The van der Waals surface area contributed by atoms with E-state index in [1.54, 1.807) is 0 Å². The minimum absolute atomic E-state index is 0.260. The molecule has 1 amide bonds. The Morgan fingerprint density at radius 2 is 1.82 bits per heavy atom. The van der Waals surface area contributed by atoms with E-state index in [0.29, 0.717) is 17.9 Å². The zero-order valence-corrected chi connectivity index (χ0v) is 13.6. The molecule has 1 atom stereocenters. The molecule has 1 heterocycles. The lowest BCUT2D eigenvalue weighted by Gasteiger charge is -2.37. The number of carbonyl (C=O) groups excluding carboxylic acids is 1. The van der Waals surface area contributed by atoms with Crippen molar-refractivity contribution in [2.45, 2.75) is 50.5 Å². The summed E-state index contributed by atoms with van der Waals surface area (Å²) in [6.07, 6.45) is 6.75. The number of nitrogens with one attached hydrogen (secondary N) is 1. The van der Waals surface area contributed by atoms with E-state index in [9.17, 15) is 4.79 Å². The minimum Gasteiger partial charge on any atom is -0.341 e. The summed E-state index contributed by atoms with van der Waals surface area (Å²) >= 11 is 0. The molecule has 2 aliphatic rings. The Kier molecular flexibility index (Phi) is 5.14. The van der Waals surface area contributed by atoms with Crippen LogP contribution < -0.4 is 5.32 Å². The lowest BCUT2D eigenvalue weighted by atomic mass is 9.78.